The van der Waals surface area contributed by atoms with E-state index in [1.54, 1.807) is 7.11 Å². The third kappa shape index (κ3) is 5.06. The summed E-state index contributed by atoms with van der Waals surface area (Å²) in [6, 6.07) is 6.07. The van der Waals surface area contributed by atoms with Gasteiger partial charge in [-0.05, 0) is 50.3 Å². The van der Waals surface area contributed by atoms with Crippen LogP contribution in [0.2, 0.25) is 0 Å². The minimum absolute atomic E-state index is 0.00203. The molecule has 0 fully saturated rings. The Balaban J connectivity index is 1.73. The van der Waals surface area contributed by atoms with Crippen molar-refractivity contribution in [3.63, 3.8) is 0 Å². The molecule has 1 unspecified atom stereocenters. The molecule has 22 heavy (non-hydrogen) atoms. The van der Waals surface area contributed by atoms with Gasteiger partial charge in [0.1, 0.15) is 0 Å². The van der Waals surface area contributed by atoms with E-state index in [-0.39, 0.29) is 5.60 Å². The molecule has 0 saturated heterocycles. The number of methoxy groups -OCH3 is 1. The molecule has 0 bridgehead atoms. The molecule has 0 saturated carbocycles. The van der Waals surface area contributed by atoms with E-state index in [2.05, 4.69) is 39.0 Å². The molecule has 0 aromatic heterocycles. The van der Waals surface area contributed by atoms with Gasteiger partial charge in [-0.25, -0.2) is 0 Å². The van der Waals surface area contributed by atoms with Gasteiger partial charge in [0.15, 0.2) is 11.5 Å². The number of fused-ring (bicyclic) bond motifs is 1. The lowest BCUT2D eigenvalue weighted by Gasteiger charge is -2.23. The van der Waals surface area contributed by atoms with Gasteiger partial charge in [0.05, 0.1) is 5.60 Å². The third-order valence-corrected chi connectivity index (χ3v) is 4.27. The first-order valence-electron chi connectivity index (χ1n) is 8.11. The van der Waals surface area contributed by atoms with Gasteiger partial charge in [0, 0.05) is 7.11 Å². The SMILES string of the molecule is COC(C)(C)CCCC(C)CC=Cc1ccc2c(c1)OCO2. The maximum Gasteiger partial charge on any atom is 0.231 e. The van der Waals surface area contributed by atoms with Crippen molar-refractivity contribution < 1.29 is 14.2 Å². The monoisotopic (exact) mass is 304 g/mol. The molecule has 1 aliphatic heterocycles. The molecule has 1 atom stereocenters. The molecule has 3 heteroatoms. The average molecular weight is 304 g/mol. The molecule has 1 aliphatic rings. The van der Waals surface area contributed by atoms with E-state index in [9.17, 15) is 0 Å². The van der Waals surface area contributed by atoms with Crippen molar-refractivity contribution in [3.05, 3.63) is 29.8 Å². The van der Waals surface area contributed by atoms with Crippen LogP contribution >= 0.6 is 0 Å². The smallest absolute Gasteiger partial charge is 0.231 e. The minimum Gasteiger partial charge on any atom is -0.454 e. The summed E-state index contributed by atoms with van der Waals surface area (Å²) in [6.45, 7) is 6.94. The van der Waals surface area contributed by atoms with Crippen molar-refractivity contribution in [2.24, 2.45) is 5.92 Å². The summed E-state index contributed by atoms with van der Waals surface area (Å²) >= 11 is 0. The number of benzene rings is 1. The van der Waals surface area contributed by atoms with E-state index in [1.165, 1.54) is 12.8 Å². The zero-order valence-corrected chi connectivity index (χ0v) is 14.2. The molecule has 2 rings (SSSR count). The summed E-state index contributed by atoms with van der Waals surface area (Å²) < 4.78 is 16.2. The zero-order chi connectivity index (χ0) is 16.0. The number of hydrogen-bond acceptors (Lipinski definition) is 3. The van der Waals surface area contributed by atoms with Gasteiger partial charge in [-0.3, -0.25) is 0 Å². The first-order chi connectivity index (χ1) is 10.5. The van der Waals surface area contributed by atoms with Crippen LogP contribution in [-0.4, -0.2) is 19.5 Å². The van der Waals surface area contributed by atoms with E-state index >= 15 is 0 Å². The Morgan fingerprint density at radius 2 is 2.05 bits per heavy atom. The number of allylic oxidation sites excluding steroid dienone is 1. The highest BCUT2D eigenvalue weighted by molar-refractivity contribution is 5.56. The average Bonchev–Trinajstić information content (AvgIpc) is 2.94. The van der Waals surface area contributed by atoms with Crippen molar-refractivity contribution in [2.45, 2.75) is 52.1 Å². The van der Waals surface area contributed by atoms with E-state index < -0.39 is 0 Å². The van der Waals surface area contributed by atoms with E-state index in [1.807, 2.05) is 12.1 Å². The minimum atomic E-state index is 0.00203. The summed E-state index contributed by atoms with van der Waals surface area (Å²) in [5, 5.41) is 0. The molecule has 3 nitrogen and oxygen atoms in total. The fourth-order valence-corrected chi connectivity index (χ4v) is 2.55. The van der Waals surface area contributed by atoms with Crippen LogP contribution in [-0.2, 0) is 4.74 Å². The molecule has 0 spiro atoms. The number of rotatable bonds is 8. The number of ether oxygens (including phenoxy) is 3. The summed E-state index contributed by atoms with van der Waals surface area (Å²) in [6.07, 6.45) is 9.07. The molecule has 0 N–H and O–H groups in total. The Kier molecular flexibility index (Phi) is 5.90. The molecule has 0 amide bonds. The summed E-state index contributed by atoms with van der Waals surface area (Å²) in [5.74, 6) is 2.38. The molecule has 1 aromatic rings. The fourth-order valence-electron chi connectivity index (χ4n) is 2.55. The highest BCUT2D eigenvalue weighted by Gasteiger charge is 2.16. The maximum atomic E-state index is 5.46. The summed E-state index contributed by atoms with van der Waals surface area (Å²) in [4.78, 5) is 0. The normalized spacial score (nSPS) is 15.5. The highest BCUT2D eigenvalue weighted by atomic mass is 16.7. The zero-order valence-electron chi connectivity index (χ0n) is 14.2. The van der Waals surface area contributed by atoms with Crippen LogP contribution in [0.15, 0.2) is 24.3 Å². The van der Waals surface area contributed by atoms with Gasteiger partial charge in [-0.15, -0.1) is 0 Å². The van der Waals surface area contributed by atoms with Crippen molar-refractivity contribution in [1.29, 1.82) is 0 Å². The van der Waals surface area contributed by atoms with Gasteiger partial charge < -0.3 is 14.2 Å². The van der Waals surface area contributed by atoms with Gasteiger partial charge in [-0.2, -0.15) is 0 Å². The van der Waals surface area contributed by atoms with Crippen LogP contribution in [0.25, 0.3) is 6.08 Å². The van der Waals surface area contributed by atoms with Gasteiger partial charge in [0.2, 0.25) is 6.79 Å². The lowest BCUT2D eigenvalue weighted by Crippen LogP contribution is -2.22. The molecule has 0 aliphatic carbocycles. The molecule has 1 aromatic carbocycles. The number of hydrogen-bond donors (Lipinski definition) is 0. The van der Waals surface area contributed by atoms with Crippen LogP contribution in [0.3, 0.4) is 0 Å². The van der Waals surface area contributed by atoms with E-state index in [4.69, 9.17) is 14.2 Å². The van der Waals surface area contributed by atoms with Crippen LogP contribution in [0.5, 0.6) is 11.5 Å². The second kappa shape index (κ2) is 7.68. The van der Waals surface area contributed by atoms with Crippen LogP contribution in [0, 0.1) is 5.92 Å². The second-order valence-electron chi connectivity index (χ2n) is 6.71. The first-order valence-corrected chi connectivity index (χ1v) is 8.11. The van der Waals surface area contributed by atoms with Gasteiger partial charge in [-0.1, -0.05) is 38.0 Å². The van der Waals surface area contributed by atoms with Crippen LogP contribution < -0.4 is 9.47 Å². The summed E-state index contributed by atoms with van der Waals surface area (Å²) in [7, 11) is 1.79. The Morgan fingerprint density at radius 3 is 2.82 bits per heavy atom. The largest absolute Gasteiger partial charge is 0.454 e. The lowest BCUT2D eigenvalue weighted by molar-refractivity contribution is 0.0128. The van der Waals surface area contributed by atoms with Crippen molar-refractivity contribution in [3.8, 4) is 11.5 Å². The topological polar surface area (TPSA) is 27.7 Å². The molecule has 122 valence electrons. The van der Waals surface area contributed by atoms with Gasteiger partial charge in [0.25, 0.3) is 0 Å². The van der Waals surface area contributed by atoms with Crippen molar-refractivity contribution in [2.75, 3.05) is 13.9 Å². The lowest BCUT2D eigenvalue weighted by atomic mass is 9.95. The van der Waals surface area contributed by atoms with Gasteiger partial charge >= 0.3 is 0 Å². The molecule has 0 radical (unpaired) electrons. The van der Waals surface area contributed by atoms with E-state index in [0.29, 0.717) is 12.7 Å². The van der Waals surface area contributed by atoms with Crippen molar-refractivity contribution >= 4 is 6.08 Å². The Morgan fingerprint density at radius 1 is 1.27 bits per heavy atom. The Labute approximate surface area is 134 Å². The molecular formula is C19H28O3. The van der Waals surface area contributed by atoms with Crippen LogP contribution in [0.4, 0.5) is 0 Å². The van der Waals surface area contributed by atoms with Crippen molar-refractivity contribution in [1.82, 2.24) is 0 Å². The maximum absolute atomic E-state index is 5.46. The first kappa shape index (κ1) is 16.9. The second-order valence-corrected chi connectivity index (χ2v) is 6.71. The summed E-state index contributed by atoms with van der Waals surface area (Å²) in [5.41, 5.74) is 1.17. The molecular weight excluding hydrogens is 276 g/mol. The van der Waals surface area contributed by atoms with E-state index in [0.717, 1.165) is 29.9 Å². The quantitative estimate of drug-likeness (QED) is 0.672. The third-order valence-electron chi connectivity index (χ3n) is 4.27. The highest BCUT2D eigenvalue weighted by Crippen LogP contribution is 2.32. The standard InChI is InChI=1S/C19H28O3/c1-15(8-6-12-19(2,3)20-4)7-5-9-16-10-11-17-18(13-16)22-14-21-17/h5,9-11,13,15H,6-8,12,14H2,1-4H3. The van der Waals surface area contributed by atoms with Crippen LogP contribution in [0.1, 0.15) is 52.0 Å². The Hall–Kier alpha value is -1.48. The predicted octanol–water partition coefficient (Wildman–Crippen LogP) is 5.05. The molecule has 1 heterocycles. The predicted molar refractivity (Wildman–Crippen MR) is 90.3 cm³/mol. The Bertz CT molecular complexity index is 505. The fraction of sp³-hybridized carbons (Fsp3) is 0.579.